The minimum absolute atomic E-state index is 0.537. The van der Waals surface area contributed by atoms with Crippen LogP contribution in [0.3, 0.4) is 0 Å². The molecule has 0 spiro atoms. The van der Waals surface area contributed by atoms with Gasteiger partial charge in [-0.25, -0.2) is 15.0 Å². The predicted molar refractivity (Wildman–Crippen MR) is 114 cm³/mol. The molecule has 1 aliphatic heterocycles. The van der Waals surface area contributed by atoms with E-state index in [0.29, 0.717) is 11.9 Å². The zero-order chi connectivity index (χ0) is 19.8. The lowest BCUT2D eigenvalue weighted by Crippen LogP contribution is -2.36. The molecule has 1 aromatic carbocycles. The lowest BCUT2D eigenvalue weighted by molar-refractivity contribution is 0.122. The van der Waals surface area contributed by atoms with E-state index in [1.807, 2.05) is 19.9 Å². The first kappa shape index (κ1) is 18.2. The molecule has 0 amide bonds. The Morgan fingerprint density at radius 3 is 2.59 bits per heavy atom. The van der Waals surface area contributed by atoms with Crippen LogP contribution in [0.4, 0.5) is 17.7 Å². The Labute approximate surface area is 170 Å². The summed E-state index contributed by atoms with van der Waals surface area (Å²) in [6.45, 7) is 7.16. The summed E-state index contributed by atoms with van der Waals surface area (Å²) >= 11 is 0. The summed E-state index contributed by atoms with van der Waals surface area (Å²) in [4.78, 5) is 21.1. The van der Waals surface area contributed by atoms with Crippen molar-refractivity contribution >= 4 is 28.6 Å². The van der Waals surface area contributed by atoms with Crippen molar-refractivity contribution in [2.75, 3.05) is 36.5 Å². The second kappa shape index (κ2) is 7.55. The van der Waals surface area contributed by atoms with E-state index >= 15 is 0 Å². The maximum absolute atomic E-state index is 5.46. The van der Waals surface area contributed by atoms with E-state index in [4.69, 9.17) is 14.7 Å². The van der Waals surface area contributed by atoms with Crippen LogP contribution in [-0.4, -0.2) is 46.2 Å². The Hall–Kier alpha value is -2.80. The van der Waals surface area contributed by atoms with Gasteiger partial charge in [-0.1, -0.05) is 12.1 Å². The van der Waals surface area contributed by atoms with Gasteiger partial charge in [0.15, 0.2) is 0 Å². The zero-order valence-electron chi connectivity index (χ0n) is 17.0. The van der Waals surface area contributed by atoms with Crippen molar-refractivity contribution in [1.29, 1.82) is 0 Å². The number of ether oxygens (including phenoxy) is 1. The fraction of sp³-hybridized carbons (Fsp3) is 0.455. The highest BCUT2D eigenvalue weighted by Crippen LogP contribution is 2.30. The van der Waals surface area contributed by atoms with Crippen LogP contribution in [0.15, 0.2) is 18.2 Å². The van der Waals surface area contributed by atoms with E-state index in [1.54, 1.807) is 0 Å². The van der Waals surface area contributed by atoms with Crippen LogP contribution in [0.25, 0.3) is 10.9 Å². The van der Waals surface area contributed by atoms with Crippen LogP contribution < -0.4 is 10.2 Å². The lowest BCUT2D eigenvalue weighted by atomic mass is 9.89. The quantitative estimate of drug-likeness (QED) is 0.733. The third-order valence-electron chi connectivity index (χ3n) is 5.78. The van der Waals surface area contributed by atoms with Crippen molar-refractivity contribution in [3.8, 4) is 0 Å². The standard InChI is InChI=1S/C22H26N6O/c1-14-13-19(28-9-11-29-12-10-28)25-21(23-14)27-22-24-15(2)17-8-7-16-5-3-4-6-18(16)20(17)26-22/h7-8,13H,3-6,9-12H2,1-2H3,(H,23,24,25,26,27). The molecule has 2 aromatic heterocycles. The number of nitrogens with one attached hydrogen (secondary N) is 1. The van der Waals surface area contributed by atoms with Gasteiger partial charge in [0.25, 0.3) is 0 Å². The Balaban J connectivity index is 1.51. The fourth-order valence-electron chi connectivity index (χ4n) is 4.30. The highest BCUT2D eigenvalue weighted by molar-refractivity contribution is 5.86. The van der Waals surface area contributed by atoms with Crippen molar-refractivity contribution in [1.82, 2.24) is 19.9 Å². The number of fused-ring (bicyclic) bond motifs is 3. The lowest BCUT2D eigenvalue weighted by Gasteiger charge is -2.28. The fourth-order valence-corrected chi connectivity index (χ4v) is 4.30. The number of hydrogen-bond acceptors (Lipinski definition) is 7. The van der Waals surface area contributed by atoms with Crippen molar-refractivity contribution in [3.63, 3.8) is 0 Å². The molecule has 0 unspecified atom stereocenters. The summed E-state index contributed by atoms with van der Waals surface area (Å²) in [5.41, 5.74) is 5.76. The average molecular weight is 390 g/mol. The molecule has 2 aliphatic rings. The number of benzene rings is 1. The smallest absolute Gasteiger partial charge is 0.231 e. The first-order chi connectivity index (χ1) is 14.2. The Morgan fingerprint density at radius 1 is 0.931 bits per heavy atom. The maximum atomic E-state index is 5.46. The molecule has 0 bridgehead atoms. The first-order valence-corrected chi connectivity index (χ1v) is 10.4. The molecule has 0 radical (unpaired) electrons. The van der Waals surface area contributed by atoms with Gasteiger partial charge in [-0.05, 0) is 50.7 Å². The number of anilines is 3. The molecular formula is C22H26N6O. The largest absolute Gasteiger partial charge is 0.378 e. The van der Waals surface area contributed by atoms with Crippen LogP contribution in [0, 0.1) is 13.8 Å². The van der Waals surface area contributed by atoms with Crippen molar-refractivity contribution in [2.24, 2.45) is 0 Å². The van der Waals surface area contributed by atoms with Gasteiger partial charge in [-0.3, -0.25) is 5.32 Å². The number of hydrogen-bond donors (Lipinski definition) is 1. The topological polar surface area (TPSA) is 76.1 Å². The SMILES string of the molecule is Cc1cc(N2CCOCC2)nc(Nc2nc(C)c3ccc4c(c3n2)CCCC4)n1. The van der Waals surface area contributed by atoms with Crippen LogP contribution >= 0.6 is 0 Å². The van der Waals surface area contributed by atoms with Crippen LogP contribution in [0.1, 0.15) is 35.4 Å². The van der Waals surface area contributed by atoms with Gasteiger partial charge in [0.2, 0.25) is 11.9 Å². The van der Waals surface area contributed by atoms with E-state index in [2.05, 4.69) is 32.3 Å². The highest BCUT2D eigenvalue weighted by atomic mass is 16.5. The normalized spacial score (nSPS) is 16.7. The molecule has 1 saturated heterocycles. The molecule has 1 fully saturated rings. The highest BCUT2D eigenvalue weighted by Gasteiger charge is 2.17. The maximum Gasteiger partial charge on any atom is 0.231 e. The molecule has 0 atom stereocenters. The minimum Gasteiger partial charge on any atom is -0.378 e. The average Bonchev–Trinajstić information content (AvgIpc) is 2.74. The van der Waals surface area contributed by atoms with Crippen LogP contribution in [0.2, 0.25) is 0 Å². The molecule has 1 aliphatic carbocycles. The Kier molecular flexibility index (Phi) is 4.75. The summed E-state index contributed by atoms with van der Waals surface area (Å²) < 4.78 is 5.46. The number of morpholine rings is 1. The first-order valence-electron chi connectivity index (χ1n) is 10.4. The molecular weight excluding hydrogens is 364 g/mol. The third-order valence-corrected chi connectivity index (χ3v) is 5.78. The minimum atomic E-state index is 0.537. The van der Waals surface area contributed by atoms with Gasteiger partial charge in [-0.2, -0.15) is 4.98 Å². The summed E-state index contributed by atoms with van der Waals surface area (Å²) in [6.07, 6.45) is 4.71. The summed E-state index contributed by atoms with van der Waals surface area (Å²) in [6, 6.07) is 6.43. The molecule has 1 N–H and O–H groups in total. The molecule has 7 nitrogen and oxygen atoms in total. The molecule has 7 heteroatoms. The van der Waals surface area contributed by atoms with Gasteiger partial charge in [0.05, 0.1) is 24.4 Å². The second-order valence-corrected chi connectivity index (χ2v) is 7.85. The monoisotopic (exact) mass is 390 g/mol. The van der Waals surface area contributed by atoms with E-state index in [1.165, 1.54) is 24.0 Å². The van der Waals surface area contributed by atoms with Crippen molar-refractivity contribution in [3.05, 3.63) is 40.7 Å². The van der Waals surface area contributed by atoms with Gasteiger partial charge in [0, 0.05) is 30.2 Å². The Bertz CT molecular complexity index is 1060. The third kappa shape index (κ3) is 3.62. The van der Waals surface area contributed by atoms with Gasteiger partial charge in [-0.15, -0.1) is 0 Å². The number of nitrogens with zero attached hydrogens (tertiary/aromatic N) is 5. The number of rotatable bonds is 3. The summed E-state index contributed by atoms with van der Waals surface area (Å²) in [7, 11) is 0. The Morgan fingerprint density at radius 2 is 1.72 bits per heavy atom. The molecule has 3 heterocycles. The van der Waals surface area contributed by atoms with E-state index in [0.717, 1.165) is 67.3 Å². The van der Waals surface area contributed by atoms with Gasteiger partial charge < -0.3 is 9.64 Å². The van der Waals surface area contributed by atoms with Gasteiger partial charge in [0.1, 0.15) is 5.82 Å². The summed E-state index contributed by atoms with van der Waals surface area (Å²) in [5.74, 6) is 2.01. The predicted octanol–water partition coefficient (Wildman–Crippen LogP) is 3.50. The van der Waals surface area contributed by atoms with E-state index < -0.39 is 0 Å². The molecule has 150 valence electrons. The van der Waals surface area contributed by atoms with E-state index in [9.17, 15) is 0 Å². The molecule has 29 heavy (non-hydrogen) atoms. The van der Waals surface area contributed by atoms with Crippen molar-refractivity contribution < 1.29 is 4.74 Å². The molecule has 5 rings (SSSR count). The van der Waals surface area contributed by atoms with Gasteiger partial charge >= 0.3 is 0 Å². The van der Waals surface area contributed by atoms with E-state index in [-0.39, 0.29) is 0 Å². The number of aromatic nitrogens is 4. The number of aryl methyl sites for hydroxylation is 4. The summed E-state index contributed by atoms with van der Waals surface area (Å²) in [5, 5.41) is 4.40. The molecule has 3 aromatic rings. The van der Waals surface area contributed by atoms with Crippen LogP contribution in [0.5, 0.6) is 0 Å². The molecule has 0 saturated carbocycles. The second-order valence-electron chi connectivity index (χ2n) is 7.85. The van der Waals surface area contributed by atoms with Crippen molar-refractivity contribution in [2.45, 2.75) is 39.5 Å². The van der Waals surface area contributed by atoms with Crippen LogP contribution in [-0.2, 0) is 17.6 Å². The zero-order valence-corrected chi connectivity index (χ0v) is 17.0.